The number of nitrogens with zero attached hydrogens (tertiary/aromatic N) is 3. The topological polar surface area (TPSA) is 71.8 Å². The summed E-state index contributed by atoms with van der Waals surface area (Å²) >= 11 is 6.05. The molecule has 0 aliphatic heterocycles. The highest BCUT2D eigenvalue weighted by atomic mass is 35.5. The van der Waals surface area contributed by atoms with Crippen molar-refractivity contribution in [2.24, 2.45) is 5.92 Å². The predicted octanol–water partition coefficient (Wildman–Crippen LogP) is 7.65. The normalized spacial score (nSPS) is 17.8. The Balaban J connectivity index is 1.24. The van der Waals surface area contributed by atoms with E-state index in [4.69, 9.17) is 11.6 Å². The van der Waals surface area contributed by atoms with E-state index in [-0.39, 0.29) is 22.8 Å². The standard InChI is InChI=1S/C28H23ClF7N5O/c29-16-6-9-22-20(10-16)23(12-24(40-22)27(31,32)33)37-13-15-4-7-18(8-5-15)39-26(42)21-14-38-41(25(21)28(34,35)36)19-3-1-2-17(30)11-19/h1-3,6,9-12,14-15,18H,4-5,7-8,13H2,(H,37,40)(H,39,42)/t15-,18+. The number of amides is 1. The summed E-state index contributed by atoms with van der Waals surface area (Å²) in [5.41, 5.74) is -2.83. The van der Waals surface area contributed by atoms with Crippen LogP contribution in [0.3, 0.4) is 0 Å². The molecular weight excluding hydrogens is 591 g/mol. The molecule has 2 aromatic heterocycles. The van der Waals surface area contributed by atoms with Crippen LogP contribution in [0, 0.1) is 11.7 Å². The number of aromatic nitrogens is 3. The average Bonchev–Trinajstić information content (AvgIpc) is 3.38. The molecule has 0 unspecified atom stereocenters. The highest BCUT2D eigenvalue weighted by molar-refractivity contribution is 6.31. The second-order valence-corrected chi connectivity index (χ2v) is 10.5. The maximum absolute atomic E-state index is 13.9. The van der Waals surface area contributed by atoms with Crippen molar-refractivity contribution in [1.82, 2.24) is 20.1 Å². The van der Waals surface area contributed by atoms with Gasteiger partial charge in [0.25, 0.3) is 5.91 Å². The minimum Gasteiger partial charge on any atom is -0.384 e. The van der Waals surface area contributed by atoms with Gasteiger partial charge in [0.15, 0.2) is 5.69 Å². The number of anilines is 1. The van der Waals surface area contributed by atoms with E-state index in [1.54, 1.807) is 0 Å². The van der Waals surface area contributed by atoms with Gasteiger partial charge in [-0.3, -0.25) is 4.79 Å². The molecule has 1 aliphatic carbocycles. The number of nitrogens with one attached hydrogen (secondary N) is 2. The van der Waals surface area contributed by atoms with E-state index in [1.165, 1.54) is 30.3 Å². The molecule has 0 spiro atoms. The van der Waals surface area contributed by atoms with E-state index >= 15 is 0 Å². The maximum Gasteiger partial charge on any atom is 0.434 e. The Kier molecular flexibility index (Phi) is 8.06. The van der Waals surface area contributed by atoms with E-state index in [0.29, 0.717) is 47.3 Å². The molecule has 2 aromatic carbocycles. The molecule has 1 amide bonds. The van der Waals surface area contributed by atoms with Crippen LogP contribution in [-0.4, -0.2) is 33.3 Å². The quantitative estimate of drug-likeness (QED) is 0.219. The number of hydrogen-bond acceptors (Lipinski definition) is 4. The van der Waals surface area contributed by atoms with E-state index in [0.717, 1.165) is 24.4 Å². The number of fused-ring (bicyclic) bond motifs is 1. The molecule has 4 aromatic rings. The van der Waals surface area contributed by atoms with Crippen molar-refractivity contribution in [3.05, 3.63) is 82.5 Å². The van der Waals surface area contributed by atoms with Crippen LogP contribution in [0.2, 0.25) is 5.02 Å². The van der Waals surface area contributed by atoms with Crippen LogP contribution in [0.5, 0.6) is 0 Å². The summed E-state index contributed by atoms with van der Waals surface area (Å²) in [4.78, 5) is 16.6. The number of carbonyl (C=O) groups is 1. The summed E-state index contributed by atoms with van der Waals surface area (Å²) in [7, 11) is 0. The Morgan fingerprint density at radius 1 is 0.976 bits per heavy atom. The van der Waals surface area contributed by atoms with Crippen molar-refractivity contribution in [2.45, 2.75) is 44.1 Å². The summed E-state index contributed by atoms with van der Waals surface area (Å²) in [6, 6.07) is 9.37. The summed E-state index contributed by atoms with van der Waals surface area (Å²) in [5.74, 6) is -1.67. The molecule has 0 saturated heterocycles. The lowest BCUT2D eigenvalue weighted by molar-refractivity contribution is -0.143. The first kappa shape index (κ1) is 29.6. The molecule has 222 valence electrons. The van der Waals surface area contributed by atoms with Crippen molar-refractivity contribution >= 4 is 34.1 Å². The van der Waals surface area contributed by atoms with Gasteiger partial charge >= 0.3 is 12.4 Å². The first-order valence-corrected chi connectivity index (χ1v) is 13.3. The number of benzene rings is 2. The van der Waals surface area contributed by atoms with E-state index in [1.807, 2.05) is 0 Å². The van der Waals surface area contributed by atoms with Gasteiger partial charge in [-0.2, -0.15) is 31.4 Å². The van der Waals surface area contributed by atoms with Gasteiger partial charge in [-0.25, -0.2) is 14.1 Å². The summed E-state index contributed by atoms with van der Waals surface area (Å²) in [5, 5.41) is 10.2. The van der Waals surface area contributed by atoms with Gasteiger partial charge in [0.1, 0.15) is 11.5 Å². The molecule has 14 heteroatoms. The number of pyridine rings is 1. The van der Waals surface area contributed by atoms with Gasteiger partial charge in [-0.1, -0.05) is 17.7 Å². The number of halogens is 8. The smallest absolute Gasteiger partial charge is 0.384 e. The molecule has 1 fully saturated rings. The number of rotatable bonds is 6. The van der Waals surface area contributed by atoms with Crippen LogP contribution < -0.4 is 10.6 Å². The van der Waals surface area contributed by atoms with Crippen molar-refractivity contribution in [2.75, 3.05) is 11.9 Å². The summed E-state index contributed by atoms with van der Waals surface area (Å²) < 4.78 is 96.1. The Bertz CT molecular complexity index is 1610. The molecule has 2 N–H and O–H groups in total. The second kappa shape index (κ2) is 11.4. The maximum atomic E-state index is 13.9. The zero-order chi connectivity index (χ0) is 30.2. The molecule has 42 heavy (non-hydrogen) atoms. The first-order chi connectivity index (χ1) is 19.8. The van der Waals surface area contributed by atoms with E-state index in [9.17, 15) is 35.5 Å². The molecule has 1 aliphatic rings. The monoisotopic (exact) mass is 613 g/mol. The van der Waals surface area contributed by atoms with Gasteiger partial charge in [0, 0.05) is 28.7 Å². The molecule has 6 nitrogen and oxygen atoms in total. The molecule has 0 bridgehead atoms. The Labute approximate surface area is 239 Å². The first-order valence-electron chi connectivity index (χ1n) is 12.9. The molecular formula is C28H23ClF7N5O. The van der Waals surface area contributed by atoms with E-state index in [2.05, 4.69) is 20.7 Å². The largest absolute Gasteiger partial charge is 0.434 e. The van der Waals surface area contributed by atoms with Gasteiger partial charge in [-0.15, -0.1) is 0 Å². The zero-order valence-electron chi connectivity index (χ0n) is 21.7. The third kappa shape index (κ3) is 6.45. The lowest BCUT2D eigenvalue weighted by Gasteiger charge is -2.29. The van der Waals surface area contributed by atoms with Crippen molar-refractivity contribution in [3.8, 4) is 5.69 Å². The van der Waals surface area contributed by atoms with Crippen LogP contribution in [0.1, 0.15) is 47.4 Å². The number of alkyl halides is 6. The Morgan fingerprint density at radius 3 is 2.38 bits per heavy atom. The van der Waals surface area contributed by atoms with Gasteiger partial charge in [0.05, 0.1) is 23.0 Å². The fourth-order valence-electron chi connectivity index (χ4n) is 5.11. The highest BCUT2D eigenvalue weighted by Crippen LogP contribution is 2.36. The van der Waals surface area contributed by atoms with Gasteiger partial charge in [-0.05, 0) is 74.1 Å². The molecule has 2 heterocycles. The third-order valence-electron chi connectivity index (χ3n) is 7.16. The van der Waals surface area contributed by atoms with Crippen LogP contribution >= 0.6 is 11.6 Å². The molecule has 5 rings (SSSR count). The van der Waals surface area contributed by atoms with Crippen LogP contribution in [-0.2, 0) is 12.4 Å². The molecule has 0 atom stereocenters. The fourth-order valence-corrected chi connectivity index (χ4v) is 5.28. The number of carbonyl (C=O) groups excluding carboxylic acids is 1. The lowest BCUT2D eigenvalue weighted by atomic mass is 9.85. The minimum atomic E-state index is -4.94. The average molecular weight is 614 g/mol. The second-order valence-electron chi connectivity index (χ2n) is 10.1. The zero-order valence-corrected chi connectivity index (χ0v) is 22.4. The highest BCUT2D eigenvalue weighted by Gasteiger charge is 2.41. The van der Waals surface area contributed by atoms with Crippen molar-refractivity contribution < 1.29 is 35.5 Å². The Hall–Kier alpha value is -3.87. The van der Waals surface area contributed by atoms with Crippen molar-refractivity contribution in [3.63, 3.8) is 0 Å². The molecule has 0 radical (unpaired) electrons. The van der Waals surface area contributed by atoms with Gasteiger partial charge in [0.2, 0.25) is 0 Å². The lowest BCUT2D eigenvalue weighted by Crippen LogP contribution is -2.39. The van der Waals surface area contributed by atoms with Crippen LogP contribution in [0.15, 0.2) is 54.7 Å². The minimum absolute atomic E-state index is 0.0383. The molecule has 1 saturated carbocycles. The Morgan fingerprint density at radius 2 is 1.71 bits per heavy atom. The number of hydrogen-bond donors (Lipinski definition) is 2. The fraction of sp³-hybridized carbons (Fsp3) is 0.321. The van der Waals surface area contributed by atoms with Crippen LogP contribution in [0.25, 0.3) is 16.6 Å². The third-order valence-corrected chi connectivity index (χ3v) is 7.39. The summed E-state index contributed by atoms with van der Waals surface area (Å²) in [6.45, 7) is 0.336. The SMILES string of the molecule is O=C(N[C@H]1CC[C@@H](CNc2cc(C(F)(F)F)nc3ccc(Cl)cc23)CC1)c1cnn(-c2cccc(F)c2)c1C(F)(F)F. The van der Waals surface area contributed by atoms with E-state index < -0.39 is 47.1 Å². The predicted molar refractivity (Wildman–Crippen MR) is 142 cm³/mol. The van der Waals surface area contributed by atoms with Crippen molar-refractivity contribution in [1.29, 1.82) is 0 Å². The van der Waals surface area contributed by atoms with Gasteiger partial charge < -0.3 is 10.6 Å². The van der Waals surface area contributed by atoms with Crippen LogP contribution in [0.4, 0.5) is 36.4 Å². The summed E-state index contributed by atoms with van der Waals surface area (Å²) in [6.07, 6.45) is -6.72.